The Morgan fingerprint density at radius 1 is 1.09 bits per heavy atom. The Morgan fingerprint density at radius 3 is 2.35 bits per heavy atom. The maximum atomic E-state index is 12.0. The molecule has 2 amide bonds. The van der Waals surface area contributed by atoms with Crippen LogP contribution < -0.4 is 10.6 Å². The van der Waals surface area contributed by atoms with Crippen LogP contribution in [0.25, 0.3) is 0 Å². The van der Waals surface area contributed by atoms with Crippen LogP contribution in [0.15, 0.2) is 24.3 Å². The number of rotatable bonds is 6. The van der Waals surface area contributed by atoms with Crippen LogP contribution in [-0.4, -0.2) is 33.1 Å². The van der Waals surface area contributed by atoms with Crippen molar-refractivity contribution in [2.45, 2.75) is 19.8 Å². The predicted molar refractivity (Wildman–Crippen MR) is 84.5 cm³/mol. The van der Waals surface area contributed by atoms with E-state index in [1.54, 1.807) is 31.2 Å². The molecule has 0 spiro atoms. The van der Waals surface area contributed by atoms with E-state index >= 15 is 0 Å². The molecule has 23 heavy (non-hydrogen) atoms. The lowest BCUT2D eigenvalue weighted by Gasteiger charge is -2.06. The van der Waals surface area contributed by atoms with Crippen LogP contribution in [0.2, 0.25) is 0 Å². The lowest BCUT2D eigenvalue weighted by Crippen LogP contribution is -2.14. The Hall–Kier alpha value is -2.81. The van der Waals surface area contributed by atoms with Crippen LogP contribution in [0.4, 0.5) is 10.8 Å². The summed E-state index contributed by atoms with van der Waals surface area (Å²) in [7, 11) is 0. The molecule has 120 valence electrons. The molecule has 2 aromatic rings. The number of aliphatic carboxylic acids is 1. The average Bonchev–Trinajstić information content (AvgIpc) is 2.91. The normalized spacial score (nSPS) is 10.1. The summed E-state index contributed by atoms with van der Waals surface area (Å²) >= 11 is 1.27. The number of hydrogen-bond donors (Lipinski definition) is 3. The molecule has 2 rings (SSSR count). The fourth-order valence-corrected chi connectivity index (χ4v) is 2.25. The highest BCUT2D eigenvalue weighted by Crippen LogP contribution is 2.16. The Kier molecular flexibility index (Phi) is 5.36. The van der Waals surface area contributed by atoms with E-state index in [2.05, 4.69) is 20.8 Å². The summed E-state index contributed by atoms with van der Waals surface area (Å²) in [5, 5.41) is 22.5. The minimum atomic E-state index is -1.03. The van der Waals surface area contributed by atoms with Gasteiger partial charge in [0.2, 0.25) is 11.0 Å². The van der Waals surface area contributed by atoms with Gasteiger partial charge in [0.05, 0.1) is 6.42 Å². The van der Waals surface area contributed by atoms with Gasteiger partial charge >= 0.3 is 5.97 Å². The molecule has 0 aliphatic rings. The van der Waals surface area contributed by atoms with Crippen LogP contribution in [-0.2, 0) is 9.59 Å². The molecule has 8 nitrogen and oxygen atoms in total. The van der Waals surface area contributed by atoms with Crippen molar-refractivity contribution in [2.24, 2.45) is 0 Å². The van der Waals surface area contributed by atoms with Crippen molar-refractivity contribution in [3.05, 3.63) is 34.8 Å². The first-order valence-corrected chi connectivity index (χ1v) is 7.49. The number of anilines is 2. The number of nitrogens with zero attached hydrogens (tertiary/aromatic N) is 2. The Labute approximate surface area is 135 Å². The van der Waals surface area contributed by atoms with Crippen LogP contribution in [0, 0.1) is 6.92 Å². The van der Waals surface area contributed by atoms with E-state index in [0.717, 1.165) is 5.01 Å². The molecule has 0 aliphatic carbocycles. The summed E-state index contributed by atoms with van der Waals surface area (Å²) < 4.78 is 0. The summed E-state index contributed by atoms with van der Waals surface area (Å²) in [6.07, 6.45) is -0.332. The predicted octanol–water partition coefficient (Wildman–Crippen LogP) is 1.90. The van der Waals surface area contributed by atoms with Gasteiger partial charge in [0.25, 0.3) is 5.91 Å². The van der Waals surface area contributed by atoms with Crippen molar-refractivity contribution < 1.29 is 19.5 Å². The zero-order chi connectivity index (χ0) is 16.8. The van der Waals surface area contributed by atoms with Gasteiger partial charge in [-0.3, -0.25) is 19.7 Å². The number of amides is 2. The van der Waals surface area contributed by atoms with Crippen LogP contribution >= 0.6 is 11.3 Å². The second kappa shape index (κ2) is 7.45. The first kappa shape index (κ1) is 16.6. The molecule has 1 heterocycles. The van der Waals surface area contributed by atoms with Crippen LogP contribution in [0.3, 0.4) is 0 Å². The molecule has 0 saturated heterocycles. The fraction of sp³-hybridized carbons (Fsp3) is 0.214. The number of carboxylic acid groups (broad SMARTS) is 1. The third kappa shape index (κ3) is 5.15. The Bertz CT molecular complexity index is 727. The van der Waals surface area contributed by atoms with Crippen LogP contribution in [0.1, 0.15) is 28.2 Å². The van der Waals surface area contributed by atoms with E-state index in [-0.39, 0.29) is 18.7 Å². The van der Waals surface area contributed by atoms with Crippen molar-refractivity contribution in [3.63, 3.8) is 0 Å². The van der Waals surface area contributed by atoms with E-state index < -0.39 is 11.9 Å². The minimum absolute atomic E-state index is 0.103. The molecule has 9 heteroatoms. The molecule has 0 radical (unpaired) electrons. The molecular formula is C14H14N4O4S. The molecule has 1 aromatic heterocycles. The first-order valence-electron chi connectivity index (χ1n) is 6.67. The fourth-order valence-electron chi connectivity index (χ4n) is 1.67. The minimum Gasteiger partial charge on any atom is -0.481 e. The quantitative estimate of drug-likeness (QED) is 0.742. The summed E-state index contributed by atoms with van der Waals surface area (Å²) in [6.45, 7) is 1.79. The largest absolute Gasteiger partial charge is 0.481 e. The number of hydrogen-bond acceptors (Lipinski definition) is 6. The van der Waals surface area contributed by atoms with Crippen molar-refractivity contribution >= 4 is 39.9 Å². The van der Waals surface area contributed by atoms with Gasteiger partial charge in [-0.2, -0.15) is 0 Å². The summed E-state index contributed by atoms with van der Waals surface area (Å²) in [4.78, 5) is 33.9. The summed E-state index contributed by atoms with van der Waals surface area (Å²) in [5.41, 5.74) is 0.894. The SMILES string of the molecule is Cc1nnc(NC(=O)c2ccc(NC(=O)CCC(=O)O)cc2)s1. The topological polar surface area (TPSA) is 121 Å². The number of nitrogens with one attached hydrogen (secondary N) is 2. The van der Waals surface area contributed by atoms with E-state index in [1.165, 1.54) is 11.3 Å². The summed E-state index contributed by atoms with van der Waals surface area (Å²) in [5.74, 6) is -1.75. The average molecular weight is 334 g/mol. The second-order valence-electron chi connectivity index (χ2n) is 4.60. The summed E-state index contributed by atoms with van der Waals surface area (Å²) in [6, 6.07) is 6.24. The van der Waals surface area contributed by atoms with Gasteiger partial charge in [-0.25, -0.2) is 0 Å². The monoisotopic (exact) mass is 334 g/mol. The molecule has 0 bridgehead atoms. The van der Waals surface area contributed by atoms with Gasteiger partial charge in [0.15, 0.2) is 0 Å². The maximum absolute atomic E-state index is 12.0. The van der Waals surface area contributed by atoms with Gasteiger partial charge in [0, 0.05) is 17.7 Å². The van der Waals surface area contributed by atoms with Gasteiger partial charge < -0.3 is 10.4 Å². The molecule has 0 unspecified atom stereocenters. The molecule has 0 fully saturated rings. The Balaban J connectivity index is 1.92. The lowest BCUT2D eigenvalue weighted by atomic mass is 10.2. The zero-order valence-corrected chi connectivity index (χ0v) is 13.0. The van der Waals surface area contributed by atoms with Gasteiger partial charge in [-0.15, -0.1) is 10.2 Å². The third-order valence-corrected chi connectivity index (χ3v) is 3.50. The molecule has 1 aromatic carbocycles. The highest BCUT2D eigenvalue weighted by atomic mass is 32.1. The van der Waals surface area contributed by atoms with Crippen molar-refractivity contribution in [3.8, 4) is 0 Å². The standard InChI is InChI=1S/C14H14N4O4S/c1-8-17-18-14(23-8)16-13(22)9-2-4-10(5-3-9)15-11(19)6-7-12(20)21/h2-5H,6-7H2,1H3,(H,15,19)(H,20,21)(H,16,18,22). The van der Waals surface area contributed by atoms with E-state index in [1.807, 2.05) is 0 Å². The first-order chi connectivity index (χ1) is 10.9. The van der Waals surface area contributed by atoms with E-state index in [9.17, 15) is 14.4 Å². The third-order valence-electron chi connectivity index (χ3n) is 2.74. The van der Waals surface area contributed by atoms with Gasteiger partial charge in [0.1, 0.15) is 5.01 Å². The van der Waals surface area contributed by atoms with Gasteiger partial charge in [-0.05, 0) is 31.2 Å². The van der Waals surface area contributed by atoms with Crippen molar-refractivity contribution in [2.75, 3.05) is 10.6 Å². The molecule has 0 atom stereocenters. The smallest absolute Gasteiger partial charge is 0.303 e. The van der Waals surface area contributed by atoms with Crippen molar-refractivity contribution in [1.82, 2.24) is 10.2 Å². The highest BCUT2D eigenvalue weighted by molar-refractivity contribution is 7.15. The molecule has 0 aliphatic heterocycles. The van der Waals surface area contributed by atoms with E-state index in [0.29, 0.717) is 16.4 Å². The Morgan fingerprint density at radius 2 is 1.78 bits per heavy atom. The van der Waals surface area contributed by atoms with Crippen molar-refractivity contribution in [1.29, 1.82) is 0 Å². The number of benzene rings is 1. The number of aryl methyl sites for hydroxylation is 1. The number of carbonyl (C=O) groups excluding carboxylic acids is 2. The number of aromatic nitrogens is 2. The molecular weight excluding hydrogens is 320 g/mol. The molecule has 0 saturated carbocycles. The second-order valence-corrected chi connectivity index (χ2v) is 5.78. The zero-order valence-electron chi connectivity index (χ0n) is 12.2. The maximum Gasteiger partial charge on any atom is 0.303 e. The number of carbonyl (C=O) groups is 3. The van der Waals surface area contributed by atoms with Gasteiger partial charge in [-0.1, -0.05) is 11.3 Å². The number of carboxylic acids is 1. The highest BCUT2D eigenvalue weighted by Gasteiger charge is 2.10. The lowest BCUT2D eigenvalue weighted by molar-refractivity contribution is -0.138. The van der Waals surface area contributed by atoms with E-state index in [4.69, 9.17) is 5.11 Å². The molecule has 3 N–H and O–H groups in total. The van der Waals surface area contributed by atoms with Crippen LogP contribution in [0.5, 0.6) is 0 Å².